The first-order chi connectivity index (χ1) is 18.4. The lowest BCUT2D eigenvalue weighted by molar-refractivity contribution is 0.620. The molecule has 0 nitrogen and oxygen atoms in total. The van der Waals surface area contributed by atoms with Crippen molar-refractivity contribution in [3.63, 3.8) is 0 Å². The summed E-state index contributed by atoms with van der Waals surface area (Å²) in [6.07, 6.45) is 30.6. The van der Waals surface area contributed by atoms with Gasteiger partial charge < -0.3 is 0 Å². The molecular weight excluding hydrogens is 509 g/mol. The summed E-state index contributed by atoms with van der Waals surface area (Å²) in [6.45, 7) is 10.8. The average Bonchev–Trinajstić information content (AvgIpc) is 2.89. The highest BCUT2D eigenvalue weighted by molar-refractivity contribution is 7.82. The Hall–Kier alpha value is -2.94. The van der Waals surface area contributed by atoms with Crippen LogP contribution in [0.15, 0.2) is 133 Å². The van der Waals surface area contributed by atoms with E-state index in [4.69, 9.17) is 25.3 Å². The summed E-state index contributed by atoms with van der Waals surface area (Å²) < 4.78 is -0.535. The lowest BCUT2D eigenvalue weighted by Crippen LogP contribution is -2.14. The van der Waals surface area contributed by atoms with E-state index in [-0.39, 0.29) is 14.9 Å². The van der Waals surface area contributed by atoms with Crippen LogP contribution in [0.25, 0.3) is 23.3 Å². The minimum Gasteiger partial charge on any atom is -0.164 e. The molecule has 2 heteroatoms. The maximum atomic E-state index is 4.83. The quantitative estimate of drug-likeness (QED) is 0.269. The zero-order chi connectivity index (χ0) is 28.1. The van der Waals surface area contributed by atoms with Gasteiger partial charge in [-0.1, -0.05) is 154 Å². The second kappa shape index (κ2) is 12.1. The van der Waals surface area contributed by atoms with Gasteiger partial charge in [-0.15, -0.1) is 0 Å². The zero-order valence-corrected chi connectivity index (χ0v) is 25.5. The van der Waals surface area contributed by atoms with Gasteiger partial charge in [0.2, 0.25) is 0 Å². The van der Waals surface area contributed by atoms with Crippen LogP contribution in [0.2, 0.25) is 0 Å². The van der Waals surface area contributed by atoms with E-state index in [1.165, 1.54) is 27.8 Å². The Labute approximate surface area is 246 Å². The SMILES string of the molecule is CC1/C=C\C(C=Cc2ccc(-c3ccc(C=CC4=C/C(C)(S)/C=C\C(C)(C)/C=C\4)cc3)cc2)=C/C(C)(S)/C=C\1. The first kappa shape index (κ1) is 29.1. The van der Waals surface area contributed by atoms with Crippen molar-refractivity contribution in [1.82, 2.24) is 0 Å². The topological polar surface area (TPSA) is 0 Å². The fourth-order valence-electron chi connectivity index (χ4n) is 4.46. The van der Waals surface area contributed by atoms with Gasteiger partial charge in [-0.25, -0.2) is 0 Å². The monoisotopic (exact) mass is 548 g/mol. The number of thiol groups is 2. The summed E-state index contributed by atoms with van der Waals surface area (Å²) in [6, 6.07) is 17.4. The van der Waals surface area contributed by atoms with Crippen LogP contribution in [0.5, 0.6) is 0 Å². The predicted molar refractivity (Wildman–Crippen MR) is 180 cm³/mol. The molecule has 3 atom stereocenters. The molecule has 0 fully saturated rings. The maximum Gasteiger partial charge on any atom is 0.0469 e. The molecule has 0 saturated heterocycles. The average molecular weight is 549 g/mol. The van der Waals surface area contributed by atoms with Gasteiger partial charge in [0.15, 0.2) is 0 Å². The minimum atomic E-state index is -0.279. The van der Waals surface area contributed by atoms with E-state index in [1.807, 2.05) is 0 Å². The van der Waals surface area contributed by atoms with Crippen molar-refractivity contribution in [3.8, 4) is 11.1 Å². The Morgan fingerprint density at radius 2 is 1.05 bits per heavy atom. The van der Waals surface area contributed by atoms with Crippen molar-refractivity contribution >= 4 is 37.4 Å². The number of hydrogen-bond donors (Lipinski definition) is 2. The molecule has 0 radical (unpaired) electrons. The van der Waals surface area contributed by atoms with Crippen LogP contribution in [0.1, 0.15) is 45.7 Å². The summed E-state index contributed by atoms with van der Waals surface area (Å²) in [5, 5.41) is 0. The third-order valence-electron chi connectivity index (χ3n) is 6.89. The number of allylic oxidation sites excluding steroid dienone is 10. The molecule has 2 aromatic carbocycles. The van der Waals surface area contributed by atoms with Crippen molar-refractivity contribution in [2.45, 2.75) is 44.1 Å². The van der Waals surface area contributed by atoms with Gasteiger partial charge >= 0.3 is 0 Å². The van der Waals surface area contributed by atoms with Crippen molar-refractivity contribution in [3.05, 3.63) is 144 Å². The highest BCUT2D eigenvalue weighted by atomic mass is 32.1. The summed E-state index contributed by atoms with van der Waals surface area (Å²) >= 11 is 9.62. The molecule has 0 saturated carbocycles. The van der Waals surface area contributed by atoms with Crippen molar-refractivity contribution in [2.24, 2.45) is 11.3 Å². The van der Waals surface area contributed by atoms with Gasteiger partial charge in [0, 0.05) is 14.9 Å². The van der Waals surface area contributed by atoms with Crippen LogP contribution < -0.4 is 0 Å². The molecule has 0 bridgehead atoms. The third kappa shape index (κ3) is 9.05. The smallest absolute Gasteiger partial charge is 0.0469 e. The number of benzene rings is 2. The molecule has 2 aliphatic carbocycles. The number of hydrogen-bond acceptors (Lipinski definition) is 2. The molecule has 3 unspecified atom stereocenters. The Bertz CT molecular complexity index is 1400. The zero-order valence-electron chi connectivity index (χ0n) is 23.7. The Morgan fingerprint density at radius 1 is 0.564 bits per heavy atom. The van der Waals surface area contributed by atoms with E-state index in [9.17, 15) is 0 Å². The molecule has 0 spiro atoms. The van der Waals surface area contributed by atoms with Crippen LogP contribution in [-0.2, 0) is 0 Å². The van der Waals surface area contributed by atoms with Crippen molar-refractivity contribution in [1.29, 1.82) is 0 Å². The molecule has 0 aliphatic heterocycles. The summed E-state index contributed by atoms with van der Waals surface area (Å²) in [5.74, 6) is 0.402. The Kier molecular flexibility index (Phi) is 8.99. The molecule has 2 aromatic rings. The van der Waals surface area contributed by atoms with E-state index in [0.29, 0.717) is 5.92 Å². The first-order valence-corrected chi connectivity index (χ1v) is 14.5. The highest BCUT2D eigenvalue weighted by Gasteiger charge is 2.18. The Morgan fingerprint density at radius 3 is 1.59 bits per heavy atom. The standard InChI is InChI=1S/C37H40S2/c1-28-6-7-31(26-36(4,38)23-20-28)10-8-29-12-16-33(17-13-29)34-18-14-30(15-19-34)9-11-32-21-22-35(2,3)24-25-37(5,39)27-32/h6-28,38-39H,1-5H3/b7-6-,10-8?,11-9?,22-21-,23-20-,25-24-,31-26+,32-27-. The fourth-order valence-corrected chi connectivity index (χ4v) is 4.92. The second-order valence-corrected chi connectivity index (χ2v) is 13.6. The van der Waals surface area contributed by atoms with Crippen molar-refractivity contribution < 1.29 is 0 Å². The van der Waals surface area contributed by atoms with Crippen molar-refractivity contribution in [2.75, 3.05) is 0 Å². The normalized spacial score (nSPS) is 32.6. The molecule has 2 aliphatic rings. The fraction of sp³-hybridized carbons (Fsp3) is 0.243. The van der Waals surface area contributed by atoms with Gasteiger partial charge in [-0.3, -0.25) is 0 Å². The molecular formula is C37H40S2. The van der Waals surface area contributed by atoms with Gasteiger partial charge in [0.25, 0.3) is 0 Å². The molecule has 0 aromatic heterocycles. The van der Waals surface area contributed by atoms with E-state index >= 15 is 0 Å². The molecule has 4 rings (SSSR count). The third-order valence-corrected chi connectivity index (χ3v) is 7.45. The first-order valence-electron chi connectivity index (χ1n) is 13.6. The van der Waals surface area contributed by atoms with E-state index in [1.54, 1.807) is 0 Å². The van der Waals surface area contributed by atoms with Crippen LogP contribution >= 0.6 is 25.3 Å². The molecule has 0 amide bonds. The van der Waals surface area contributed by atoms with Crippen LogP contribution in [-0.4, -0.2) is 9.49 Å². The largest absolute Gasteiger partial charge is 0.164 e. The highest BCUT2D eigenvalue weighted by Crippen LogP contribution is 2.30. The summed E-state index contributed by atoms with van der Waals surface area (Å²) in [7, 11) is 0. The lowest BCUT2D eigenvalue weighted by Gasteiger charge is -2.22. The molecule has 200 valence electrons. The Balaban J connectivity index is 1.45. The summed E-state index contributed by atoms with van der Waals surface area (Å²) in [4.78, 5) is 0. The van der Waals surface area contributed by atoms with Crippen LogP contribution in [0.3, 0.4) is 0 Å². The van der Waals surface area contributed by atoms with Gasteiger partial charge in [0.1, 0.15) is 0 Å². The second-order valence-electron chi connectivity index (χ2n) is 11.7. The van der Waals surface area contributed by atoms with E-state index < -0.39 is 0 Å². The molecule has 39 heavy (non-hydrogen) atoms. The minimum absolute atomic E-state index is 0.0114. The van der Waals surface area contributed by atoms with Crippen LogP contribution in [0.4, 0.5) is 0 Å². The van der Waals surface area contributed by atoms with Gasteiger partial charge in [-0.2, -0.15) is 25.3 Å². The van der Waals surface area contributed by atoms with E-state index in [0.717, 1.165) is 5.57 Å². The van der Waals surface area contributed by atoms with Gasteiger partial charge in [0.05, 0.1) is 0 Å². The lowest BCUT2D eigenvalue weighted by atomic mass is 9.87. The molecule has 0 N–H and O–H groups in total. The van der Waals surface area contributed by atoms with Gasteiger partial charge in [-0.05, 0) is 53.2 Å². The van der Waals surface area contributed by atoms with Crippen LogP contribution in [0, 0.1) is 11.3 Å². The molecule has 0 heterocycles. The maximum absolute atomic E-state index is 4.83. The predicted octanol–water partition coefficient (Wildman–Crippen LogP) is 10.5. The number of rotatable bonds is 5. The van der Waals surface area contributed by atoms with E-state index in [2.05, 4.69) is 168 Å². The summed E-state index contributed by atoms with van der Waals surface area (Å²) in [5.41, 5.74) is 7.10.